The average Bonchev–Trinajstić information content (AvgIpc) is 2.42. The normalized spacial score (nSPS) is 25.0. The summed E-state index contributed by atoms with van der Waals surface area (Å²) in [5.74, 6) is -1.25. The minimum absolute atomic E-state index is 0.110. The molecule has 1 aromatic rings. The predicted molar refractivity (Wildman–Crippen MR) is 46.4 cm³/mol. The molecule has 2 rings (SSSR count). The summed E-state index contributed by atoms with van der Waals surface area (Å²) in [4.78, 5) is 10.7. The Morgan fingerprint density at radius 2 is 2.15 bits per heavy atom. The zero-order valence-corrected chi connectivity index (χ0v) is 6.82. The molecule has 0 spiro atoms. The number of carboxylic acid groups (broad SMARTS) is 1. The number of aliphatic carboxylic acids is 1. The molecule has 0 amide bonds. The van der Waals surface area contributed by atoms with Crippen LogP contribution in [0.3, 0.4) is 0 Å². The molecule has 0 radical (unpaired) electrons. The van der Waals surface area contributed by atoms with Gasteiger partial charge in [-0.05, 0) is 11.6 Å². The van der Waals surface area contributed by atoms with E-state index < -0.39 is 11.7 Å². The Morgan fingerprint density at radius 1 is 1.46 bits per heavy atom. The third kappa shape index (κ3) is 1.15. The highest BCUT2D eigenvalue weighted by molar-refractivity contribution is 5.84. The largest absolute Gasteiger partial charge is 0.478 e. The molecular weight excluding hydrogens is 170 g/mol. The van der Waals surface area contributed by atoms with E-state index in [2.05, 4.69) is 5.32 Å². The van der Waals surface area contributed by atoms with E-state index in [-0.39, 0.29) is 6.42 Å². The smallest absolute Gasteiger partial charge is 0.357 e. The number of hydrogen-bond acceptors (Lipinski definition) is 3. The van der Waals surface area contributed by atoms with Crippen molar-refractivity contribution < 1.29 is 15.0 Å². The third-order valence-electron chi connectivity index (χ3n) is 2.16. The van der Waals surface area contributed by atoms with Gasteiger partial charge in [-0.1, -0.05) is 18.2 Å². The van der Waals surface area contributed by atoms with Crippen LogP contribution >= 0.6 is 0 Å². The summed E-state index contributed by atoms with van der Waals surface area (Å²) in [5.41, 5.74) is -0.316. The van der Waals surface area contributed by atoms with Crippen molar-refractivity contribution in [2.45, 2.75) is 12.1 Å². The topological polar surface area (TPSA) is 69.6 Å². The van der Waals surface area contributed by atoms with Gasteiger partial charge in [0.25, 0.3) is 0 Å². The molecule has 0 aliphatic carbocycles. The van der Waals surface area contributed by atoms with Gasteiger partial charge < -0.3 is 15.5 Å². The molecule has 1 atom stereocenters. The van der Waals surface area contributed by atoms with Crippen molar-refractivity contribution in [3.8, 4) is 0 Å². The first kappa shape index (κ1) is 8.07. The molecule has 4 heteroatoms. The van der Waals surface area contributed by atoms with Crippen LogP contribution < -0.4 is 5.32 Å². The van der Waals surface area contributed by atoms with Gasteiger partial charge in [0.15, 0.2) is 0 Å². The van der Waals surface area contributed by atoms with Crippen molar-refractivity contribution in [3.63, 3.8) is 0 Å². The van der Waals surface area contributed by atoms with Gasteiger partial charge in [-0.2, -0.15) is 0 Å². The molecule has 13 heavy (non-hydrogen) atoms. The predicted octanol–water partition coefficient (Wildman–Crippen LogP) is 0.428. The summed E-state index contributed by atoms with van der Waals surface area (Å²) in [6, 6.07) is 7.15. The molecule has 0 bridgehead atoms. The molecule has 1 aliphatic rings. The van der Waals surface area contributed by atoms with Gasteiger partial charge in [-0.3, -0.25) is 0 Å². The maximum Gasteiger partial charge on any atom is 0.357 e. The van der Waals surface area contributed by atoms with Crippen LogP contribution in [0.1, 0.15) is 5.56 Å². The molecule has 0 fully saturated rings. The maximum atomic E-state index is 10.7. The molecule has 0 saturated heterocycles. The quantitative estimate of drug-likeness (QED) is 0.584. The van der Waals surface area contributed by atoms with E-state index in [1.54, 1.807) is 18.2 Å². The number of carbonyl (C=O) groups is 1. The summed E-state index contributed by atoms with van der Waals surface area (Å²) in [6.07, 6.45) is 0.110. The molecule has 1 unspecified atom stereocenters. The second kappa shape index (κ2) is 2.47. The highest BCUT2D eigenvalue weighted by Gasteiger charge is 2.41. The lowest BCUT2D eigenvalue weighted by Crippen LogP contribution is -2.44. The van der Waals surface area contributed by atoms with E-state index in [1.807, 2.05) is 6.07 Å². The maximum absolute atomic E-state index is 10.7. The number of fused-ring (bicyclic) bond motifs is 1. The fourth-order valence-electron chi connectivity index (χ4n) is 1.47. The van der Waals surface area contributed by atoms with Gasteiger partial charge in [0.2, 0.25) is 5.72 Å². The Labute approximate surface area is 74.8 Å². The van der Waals surface area contributed by atoms with Crippen molar-refractivity contribution in [2.24, 2.45) is 0 Å². The number of nitrogens with one attached hydrogen (secondary N) is 1. The first-order valence-corrected chi connectivity index (χ1v) is 3.94. The van der Waals surface area contributed by atoms with Gasteiger partial charge in [0.1, 0.15) is 0 Å². The highest BCUT2D eigenvalue weighted by Crippen LogP contribution is 2.30. The van der Waals surface area contributed by atoms with E-state index in [1.165, 1.54) is 0 Å². The monoisotopic (exact) mass is 179 g/mol. The van der Waals surface area contributed by atoms with Crippen molar-refractivity contribution in [3.05, 3.63) is 29.8 Å². The molecule has 1 aliphatic heterocycles. The molecule has 4 nitrogen and oxygen atoms in total. The molecule has 1 heterocycles. The fourth-order valence-corrected chi connectivity index (χ4v) is 1.47. The Kier molecular flexibility index (Phi) is 1.53. The number of anilines is 1. The number of hydrogen-bond donors (Lipinski definition) is 3. The van der Waals surface area contributed by atoms with E-state index in [4.69, 9.17) is 5.11 Å². The Hall–Kier alpha value is -1.55. The second-order valence-corrected chi connectivity index (χ2v) is 3.12. The molecular formula is C9H9NO3. The van der Waals surface area contributed by atoms with Gasteiger partial charge in [0, 0.05) is 12.1 Å². The number of rotatable bonds is 1. The van der Waals surface area contributed by atoms with E-state index >= 15 is 0 Å². The highest BCUT2D eigenvalue weighted by atomic mass is 16.4. The number of benzene rings is 1. The zero-order valence-electron chi connectivity index (χ0n) is 6.82. The minimum atomic E-state index is -1.83. The van der Waals surface area contributed by atoms with Crippen LogP contribution in [0.2, 0.25) is 0 Å². The minimum Gasteiger partial charge on any atom is -0.478 e. The van der Waals surface area contributed by atoms with Crippen LogP contribution in [-0.4, -0.2) is 21.9 Å². The van der Waals surface area contributed by atoms with Crippen LogP contribution in [0.4, 0.5) is 5.69 Å². The fraction of sp³-hybridized carbons (Fsp3) is 0.222. The lowest BCUT2D eigenvalue weighted by Gasteiger charge is -2.16. The third-order valence-corrected chi connectivity index (χ3v) is 2.16. The molecule has 1 aromatic carbocycles. The van der Waals surface area contributed by atoms with Gasteiger partial charge in [-0.15, -0.1) is 0 Å². The van der Waals surface area contributed by atoms with Gasteiger partial charge >= 0.3 is 5.97 Å². The molecule has 0 aromatic heterocycles. The average molecular weight is 179 g/mol. The Bertz CT molecular complexity index is 337. The number of para-hydroxylation sites is 1. The van der Waals surface area contributed by atoms with Crippen molar-refractivity contribution in [1.82, 2.24) is 0 Å². The molecule has 68 valence electrons. The Morgan fingerprint density at radius 3 is 2.77 bits per heavy atom. The van der Waals surface area contributed by atoms with Crippen LogP contribution in [0.5, 0.6) is 0 Å². The van der Waals surface area contributed by atoms with Gasteiger partial charge in [0.05, 0.1) is 0 Å². The van der Waals surface area contributed by atoms with E-state index in [0.717, 1.165) is 5.56 Å². The van der Waals surface area contributed by atoms with E-state index in [9.17, 15) is 9.90 Å². The van der Waals surface area contributed by atoms with Crippen LogP contribution in [0.25, 0.3) is 0 Å². The summed E-state index contributed by atoms with van der Waals surface area (Å²) < 4.78 is 0. The van der Waals surface area contributed by atoms with Crippen molar-refractivity contribution in [2.75, 3.05) is 5.32 Å². The summed E-state index contributed by atoms with van der Waals surface area (Å²) in [7, 11) is 0. The summed E-state index contributed by atoms with van der Waals surface area (Å²) in [6.45, 7) is 0. The van der Waals surface area contributed by atoms with Crippen molar-refractivity contribution >= 4 is 11.7 Å². The van der Waals surface area contributed by atoms with Crippen LogP contribution in [0.15, 0.2) is 24.3 Å². The lowest BCUT2D eigenvalue weighted by molar-refractivity contribution is -0.154. The zero-order chi connectivity index (χ0) is 9.47. The second-order valence-electron chi connectivity index (χ2n) is 3.12. The first-order valence-electron chi connectivity index (χ1n) is 3.94. The SMILES string of the molecule is O=C(O)C1(O)Cc2ccccc2N1. The first-order chi connectivity index (χ1) is 6.12. The van der Waals surface area contributed by atoms with Crippen LogP contribution in [0, 0.1) is 0 Å². The standard InChI is InChI=1S/C9H9NO3/c11-8(12)9(13)5-6-3-1-2-4-7(6)10-9/h1-4,10,13H,5H2,(H,11,12). The lowest BCUT2D eigenvalue weighted by atomic mass is 10.1. The summed E-state index contributed by atoms with van der Waals surface area (Å²) in [5, 5.41) is 20.9. The Balaban J connectivity index is 2.37. The molecule has 3 N–H and O–H groups in total. The summed E-state index contributed by atoms with van der Waals surface area (Å²) >= 11 is 0. The number of aliphatic hydroxyl groups is 1. The van der Waals surface area contributed by atoms with Crippen LogP contribution in [-0.2, 0) is 11.2 Å². The molecule has 0 saturated carbocycles. The number of carboxylic acids is 1. The van der Waals surface area contributed by atoms with E-state index in [0.29, 0.717) is 5.69 Å². The van der Waals surface area contributed by atoms with Crippen molar-refractivity contribution in [1.29, 1.82) is 0 Å². The van der Waals surface area contributed by atoms with Gasteiger partial charge in [-0.25, -0.2) is 4.79 Å².